The minimum atomic E-state index is -4.57. The lowest BCUT2D eigenvalue weighted by Crippen LogP contribution is -2.15. The first-order valence-electron chi connectivity index (χ1n) is 9.99. The van der Waals surface area contributed by atoms with Crippen molar-refractivity contribution < 1.29 is 18.3 Å². The Balaban J connectivity index is 1.94. The van der Waals surface area contributed by atoms with Crippen LogP contribution in [0.15, 0.2) is 72.9 Å². The van der Waals surface area contributed by atoms with Crippen LogP contribution in [0.1, 0.15) is 25.1 Å². The van der Waals surface area contributed by atoms with Crippen LogP contribution in [0.2, 0.25) is 10.0 Å². The SMILES string of the molecule is CC(C)(O)c1cn(-c2cccc(-c3cc(Cl)cc(Cl)c3)c2)c(-c2ccccc2C(F)(F)F)n1. The molecule has 1 aromatic heterocycles. The Kier molecular flexibility index (Phi) is 6.03. The molecule has 0 atom stereocenters. The van der Waals surface area contributed by atoms with Gasteiger partial charge in [0.2, 0.25) is 0 Å². The van der Waals surface area contributed by atoms with E-state index in [0.29, 0.717) is 15.7 Å². The number of aliphatic hydroxyl groups is 1. The Morgan fingerprint density at radius 3 is 2.15 bits per heavy atom. The maximum atomic E-state index is 13.8. The van der Waals surface area contributed by atoms with Crippen LogP contribution in [0.25, 0.3) is 28.2 Å². The van der Waals surface area contributed by atoms with Crippen LogP contribution >= 0.6 is 23.2 Å². The summed E-state index contributed by atoms with van der Waals surface area (Å²) in [7, 11) is 0. The summed E-state index contributed by atoms with van der Waals surface area (Å²) in [5.41, 5.74) is 0.0865. The van der Waals surface area contributed by atoms with Crippen LogP contribution in [-0.4, -0.2) is 14.7 Å². The Hall–Kier alpha value is -2.80. The van der Waals surface area contributed by atoms with Crippen LogP contribution in [-0.2, 0) is 11.8 Å². The summed E-state index contributed by atoms with van der Waals surface area (Å²) in [5.74, 6) is 0.0707. The molecule has 3 aromatic carbocycles. The fraction of sp³-hybridized carbons (Fsp3) is 0.160. The van der Waals surface area contributed by atoms with Gasteiger partial charge < -0.3 is 5.11 Å². The van der Waals surface area contributed by atoms with Gasteiger partial charge in [-0.15, -0.1) is 0 Å². The number of halogens is 5. The van der Waals surface area contributed by atoms with Gasteiger partial charge >= 0.3 is 6.18 Å². The molecular formula is C25H19Cl2F3N2O. The van der Waals surface area contributed by atoms with Crippen LogP contribution in [0.5, 0.6) is 0 Å². The maximum absolute atomic E-state index is 13.8. The van der Waals surface area contributed by atoms with Gasteiger partial charge in [-0.2, -0.15) is 13.2 Å². The highest BCUT2D eigenvalue weighted by molar-refractivity contribution is 6.35. The predicted octanol–water partition coefficient (Wildman–Crippen LogP) is 7.76. The zero-order valence-corrected chi connectivity index (χ0v) is 19.2. The van der Waals surface area contributed by atoms with E-state index in [2.05, 4.69) is 4.98 Å². The first-order valence-corrected chi connectivity index (χ1v) is 10.7. The van der Waals surface area contributed by atoms with Gasteiger partial charge in [0.25, 0.3) is 0 Å². The molecule has 1 heterocycles. The lowest BCUT2D eigenvalue weighted by atomic mass is 10.0. The van der Waals surface area contributed by atoms with Gasteiger partial charge in [0, 0.05) is 27.5 Å². The number of rotatable bonds is 4. The Bertz CT molecular complexity index is 1300. The molecule has 33 heavy (non-hydrogen) atoms. The highest BCUT2D eigenvalue weighted by Gasteiger charge is 2.35. The minimum absolute atomic E-state index is 0.0707. The zero-order valence-electron chi connectivity index (χ0n) is 17.7. The molecule has 0 saturated carbocycles. The van der Waals surface area contributed by atoms with Crippen molar-refractivity contribution in [3.8, 4) is 28.2 Å². The number of alkyl halides is 3. The summed E-state index contributed by atoms with van der Waals surface area (Å²) in [6.07, 6.45) is -3.02. The third-order valence-electron chi connectivity index (χ3n) is 5.13. The minimum Gasteiger partial charge on any atom is -0.384 e. The van der Waals surface area contributed by atoms with Crippen molar-refractivity contribution in [2.45, 2.75) is 25.6 Å². The Labute approximate surface area is 199 Å². The summed E-state index contributed by atoms with van der Waals surface area (Å²) in [5, 5.41) is 11.5. The highest BCUT2D eigenvalue weighted by atomic mass is 35.5. The Morgan fingerprint density at radius 1 is 0.848 bits per heavy atom. The molecule has 3 nitrogen and oxygen atoms in total. The quantitative estimate of drug-likeness (QED) is 0.317. The van der Waals surface area contributed by atoms with E-state index in [-0.39, 0.29) is 17.1 Å². The van der Waals surface area contributed by atoms with Crippen LogP contribution in [0, 0.1) is 0 Å². The number of aromatic nitrogens is 2. The Morgan fingerprint density at radius 2 is 1.52 bits per heavy atom. The second-order valence-corrected chi connectivity index (χ2v) is 9.00. The van der Waals surface area contributed by atoms with E-state index in [0.717, 1.165) is 17.2 Å². The third-order valence-corrected chi connectivity index (χ3v) is 5.56. The molecule has 0 fully saturated rings. The molecule has 0 amide bonds. The topological polar surface area (TPSA) is 38.0 Å². The van der Waals surface area contributed by atoms with E-state index in [1.807, 2.05) is 6.07 Å². The summed E-state index contributed by atoms with van der Waals surface area (Å²) in [6, 6.07) is 17.6. The molecular weight excluding hydrogens is 472 g/mol. The van der Waals surface area contributed by atoms with E-state index in [1.54, 1.807) is 47.2 Å². The molecule has 4 aromatic rings. The lowest BCUT2D eigenvalue weighted by Gasteiger charge is -2.15. The number of nitrogens with zero attached hydrogens (tertiary/aromatic N) is 2. The van der Waals surface area contributed by atoms with Gasteiger partial charge in [0.05, 0.1) is 11.3 Å². The molecule has 0 bridgehead atoms. The summed E-state index contributed by atoms with van der Waals surface area (Å²) in [6.45, 7) is 3.06. The molecule has 0 unspecified atom stereocenters. The maximum Gasteiger partial charge on any atom is 0.417 e. The van der Waals surface area contributed by atoms with E-state index in [9.17, 15) is 18.3 Å². The predicted molar refractivity (Wildman–Crippen MR) is 125 cm³/mol. The molecule has 170 valence electrons. The first-order chi connectivity index (χ1) is 15.4. The molecule has 0 aliphatic rings. The average Bonchev–Trinajstić information content (AvgIpc) is 3.18. The molecule has 0 radical (unpaired) electrons. The number of hydrogen-bond acceptors (Lipinski definition) is 2. The zero-order chi connectivity index (χ0) is 24.0. The average molecular weight is 491 g/mol. The van der Waals surface area contributed by atoms with Gasteiger partial charge in [-0.05, 0) is 61.4 Å². The van der Waals surface area contributed by atoms with Gasteiger partial charge in [-0.1, -0.05) is 53.5 Å². The van der Waals surface area contributed by atoms with Gasteiger partial charge in [0.1, 0.15) is 11.4 Å². The highest BCUT2D eigenvalue weighted by Crippen LogP contribution is 2.38. The molecule has 1 N–H and O–H groups in total. The number of benzene rings is 3. The smallest absolute Gasteiger partial charge is 0.384 e. The second-order valence-electron chi connectivity index (χ2n) is 8.13. The van der Waals surface area contributed by atoms with E-state index < -0.39 is 17.3 Å². The molecule has 0 aliphatic carbocycles. The van der Waals surface area contributed by atoms with Gasteiger partial charge in [-0.25, -0.2) is 4.98 Å². The summed E-state index contributed by atoms with van der Waals surface area (Å²) in [4.78, 5) is 4.40. The van der Waals surface area contributed by atoms with Crippen molar-refractivity contribution in [1.82, 2.24) is 9.55 Å². The second kappa shape index (κ2) is 8.52. The van der Waals surface area contributed by atoms with E-state index >= 15 is 0 Å². The fourth-order valence-corrected chi connectivity index (χ4v) is 4.07. The van der Waals surface area contributed by atoms with Crippen molar-refractivity contribution in [2.24, 2.45) is 0 Å². The van der Waals surface area contributed by atoms with Crippen molar-refractivity contribution in [1.29, 1.82) is 0 Å². The van der Waals surface area contributed by atoms with Crippen molar-refractivity contribution in [3.63, 3.8) is 0 Å². The monoisotopic (exact) mass is 490 g/mol. The number of hydrogen-bond donors (Lipinski definition) is 1. The van der Waals surface area contributed by atoms with E-state index in [1.165, 1.54) is 32.0 Å². The van der Waals surface area contributed by atoms with E-state index in [4.69, 9.17) is 23.2 Å². The van der Waals surface area contributed by atoms with Crippen LogP contribution in [0.3, 0.4) is 0 Å². The first kappa shape index (κ1) is 23.4. The third kappa shape index (κ3) is 4.93. The van der Waals surface area contributed by atoms with Gasteiger partial charge in [0.15, 0.2) is 0 Å². The molecule has 0 aliphatic heterocycles. The van der Waals surface area contributed by atoms with Crippen LogP contribution in [0.4, 0.5) is 13.2 Å². The molecule has 0 spiro atoms. The lowest BCUT2D eigenvalue weighted by molar-refractivity contribution is -0.137. The molecule has 0 saturated heterocycles. The molecule has 8 heteroatoms. The van der Waals surface area contributed by atoms with Crippen LogP contribution < -0.4 is 0 Å². The number of imidazole rings is 1. The van der Waals surface area contributed by atoms with Crippen molar-refractivity contribution in [2.75, 3.05) is 0 Å². The standard InChI is InChI=1S/C25H19Cl2F3N2O/c1-24(2,33)22-14-32(23(31-22)20-8-3-4-9-21(20)25(28,29)30)19-7-5-6-15(12-19)16-10-17(26)13-18(27)11-16/h3-14,33H,1-2H3. The molecule has 4 rings (SSSR count). The largest absolute Gasteiger partial charge is 0.417 e. The fourth-order valence-electron chi connectivity index (χ4n) is 3.54. The van der Waals surface area contributed by atoms with Crippen molar-refractivity contribution in [3.05, 3.63) is 94.2 Å². The summed E-state index contributed by atoms with van der Waals surface area (Å²) < 4.78 is 42.8. The van der Waals surface area contributed by atoms with Crippen molar-refractivity contribution >= 4 is 23.2 Å². The normalized spacial score (nSPS) is 12.2. The van der Waals surface area contributed by atoms with Gasteiger partial charge in [-0.3, -0.25) is 4.57 Å². The summed E-state index contributed by atoms with van der Waals surface area (Å²) >= 11 is 12.3.